The average molecular weight is 147 g/mol. The predicted octanol–water partition coefficient (Wildman–Crippen LogP) is 1.65. The summed E-state index contributed by atoms with van der Waals surface area (Å²) in [5, 5.41) is 0. The molecule has 0 aliphatic carbocycles. The van der Waals surface area contributed by atoms with Crippen LogP contribution >= 0.6 is 12.6 Å². The maximum Gasteiger partial charge on any atom is 0.0155 e. The average Bonchev–Trinajstić information content (AvgIpc) is 1.90. The second-order valence-electron chi connectivity index (χ2n) is 2.25. The summed E-state index contributed by atoms with van der Waals surface area (Å²) in [4.78, 5) is 2.40. The normalized spacial score (nSPS) is 14.3. The van der Waals surface area contributed by atoms with E-state index in [2.05, 4.69) is 38.3 Å². The van der Waals surface area contributed by atoms with Gasteiger partial charge in [-0.15, -0.1) is 0 Å². The second kappa shape index (κ2) is 5.12. The van der Waals surface area contributed by atoms with Crippen LogP contribution in [0.2, 0.25) is 0 Å². The van der Waals surface area contributed by atoms with E-state index in [0.29, 0.717) is 6.04 Å². The molecule has 56 valence electrons. The third-order valence-electron chi connectivity index (χ3n) is 1.70. The standard InChI is InChI=1S/C7H17NS/c1-4-8(5-2)7(3)6-9/h7,9H,4-6H2,1-3H3/t7-/m0/s1. The Morgan fingerprint density at radius 1 is 1.33 bits per heavy atom. The Morgan fingerprint density at radius 3 is 1.89 bits per heavy atom. The Kier molecular flexibility index (Phi) is 5.30. The maximum atomic E-state index is 4.22. The number of hydrogen-bond donors (Lipinski definition) is 1. The molecule has 0 aliphatic heterocycles. The molecule has 0 amide bonds. The first-order valence-electron chi connectivity index (χ1n) is 3.61. The monoisotopic (exact) mass is 147 g/mol. The summed E-state index contributed by atoms with van der Waals surface area (Å²) < 4.78 is 0. The molecule has 0 aliphatic rings. The highest BCUT2D eigenvalue weighted by Gasteiger charge is 2.05. The quantitative estimate of drug-likeness (QED) is 0.592. The summed E-state index contributed by atoms with van der Waals surface area (Å²) in [6.07, 6.45) is 0. The third-order valence-corrected chi connectivity index (χ3v) is 2.23. The van der Waals surface area contributed by atoms with Crippen molar-refractivity contribution in [3.05, 3.63) is 0 Å². The van der Waals surface area contributed by atoms with Gasteiger partial charge in [-0.1, -0.05) is 13.8 Å². The van der Waals surface area contributed by atoms with Crippen molar-refractivity contribution in [1.29, 1.82) is 0 Å². The largest absolute Gasteiger partial charge is 0.300 e. The van der Waals surface area contributed by atoms with Gasteiger partial charge in [0, 0.05) is 11.8 Å². The van der Waals surface area contributed by atoms with Crippen molar-refractivity contribution in [1.82, 2.24) is 4.90 Å². The topological polar surface area (TPSA) is 3.24 Å². The van der Waals surface area contributed by atoms with Crippen molar-refractivity contribution in [2.75, 3.05) is 18.8 Å². The lowest BCUT2D eigenvalue weighted by molar-refractivity contribution is 0.250. The molecular formula is C7H17NS. The Labute approximate surface area is 63.8 Å². The molecule has 0 bridgehead atoms. The van der Waals surface area contributed by atoms with E-state index >= 15 is 0 Å². The van der Waals surface area contributed by atoms with E-state index in [1.807, 2.05) is 0 Å². The van der Waals surface area contributed by atoms with E-state index in [-0.39, 0.29) is 0 Å². The smallest absolute Gasteiger partial charge is 0.0155 e. The van der Waals surface area contributed by atoms with Gasteiger partial charge in [0.1, 0.15) is 0 Å². The van der Waals surface area contributed by atoms with Crippen LogP contribution in [0.1, 0.15) is 20.8 Å². The Morgan fingerprint density at radius 2 is 1.78 bits per heavy atom. The first-order valence-corrected chi connectivity index (χ1v) is 4.24. The van der Waals surface area contributed by atoms with Gasteiger partial charge in [0.2, 0.25) is 0 Å². The van der Waals surface area contributed by atoms with E-state index in [9.17, 15) is 0 Å². The Balaban J connectivity index is 3.50. The summed E-state index contributed by atoms with van der Waals surface area (Å²) in [5.41, 5.74) is 0. The zero-order chi connectivity index (χ0) is 7.28. The van der Waals surface area contributed by atoms with Crippen molar-refractivity contribution in [2.24, 2.45) is 0 Å². The lowest BCUT2D eigenvalue weighted by Gasteiger charge is -2.24. The third kappa shape index (κ3) is 3.11. The minimum atomic E-state index is 0.628. The van der Waals surface area contributed by atoms with Crippen LogP contribution in [0.5, 0.6) is 0 Å². The van der Waals surface area contributed by atoms with Gasteiger partial charge < -0.3 is 4.90 Å². The van der Waals surface area contributed by atoms with Gasteiger partial charge in [0.05, 0.1) is 0 Å². The van der Waals surface area contributed by atoms with E-state index in [0.717, 1.165) is 18.8 Å². The fourth-order valence-corrected chi connectivity index (χ4v) is 1.19. The molecule has 2 heteroatoms. The molecule has 1 atom stereocenters. The first-order chi connectivity index (χ1) is 4.26. The molecule has 1 nitrogen and oxygen atoms in total. The molecule has 0 spiro atoms. The highest BCUT2D eigenvalue weighted by Crippen LogP contribution is 1.98. The van der Waals surface area contributed by atoms with Crippen LogP contribution in [0.4, 0.5) is 0 Å². The van der Waals surface area contributed by atoms with Crippen LogP contribution in [-0.4, -0.2) is 29.8 Å². The SMILES string of the molecule is CCN(CC)[C@@H](C)CS. The molecule has 0 aromatic heterocycles. The molecule has 0 saturated heterocycles. The van der Waals surface area contributed by atoms with Gasteiger partial charge in [-0.05, 0) is 20.0 Å². The molecule has 9 heavy (non-hydrogen) atoms. The van der Waals surface area contributed by atoms with Crippen LogP contribution in [0.3, 0.4) is 0 Å². The summed E-state index contributed by atoms with van der Waals surface area (Å²) in [5.74, 6) is 0.960. The number of thiol groups is 1. The zero-order valence-electron chi connectivity index (χ0n) is 6.59. The van der Waals surface area contributed by atoms with Crippen LogP contribution in [-0.2, 0) is 0 Å². The minimum absolute atomic E-state index is 0.628. The molecule has 0 rings (SSSR count). The Hall–Kier alpha value is 0.310. The van der Waals surface area contributed by atoms with E-state index in [4.69, 9.17) is 0 Å². The molecule has 0 radical (unpaired) electrons. The molecule has 0 N–H and O–H groups in total. The number of rotatable bonds is 4. The fraction of sp³-hybridized carbons (Fsp3) is 1.00. The molecule has 0 fully saturated rings. The highest BCUT2D eigenvalue weighted by atomic mass is 32.1. The first kappa shape index (κ1) is 9.31. The molecule has 0 aromatic rings. The molecule has 0 heterocycles. The highest BCUT2D eigenvalue weighted by molar-refractivity contribution is 7.80. The molecule has 0 aromatic carbocycles. The summed E-state index contributed by atoms with van der Waals surface area (Å²) in [7, 11) is 0. The van der Waals surface area contributed by atoms with Crippen LogP contribution in [0.15, 0.2) is 0 Å². The van der Waals surface area contributed by atoms with Gasteiger partial charge in [-0.25, -0.2) is 0 Å². The van der Waals surface area contributed by atoms with E-state index in [1.165, 1.54) is 0 Å². The van der Waals surface area contributed by atoms with Crippen LogP contribution < -0.4 is 0 Å². The van der Waals surface area contributed by atoms with Crippen LogP contribution in [0, 0.1) is 0 Å². The number of hydrogen-bond acceptors (Lipinski definition) is 2. The zero-order valence-corrected chi connectivity index (χ0v) is 7.49. The fourth-order valence-electron chi connectivity index (χ4n) is 0.962. The summed E-state index contributed by atoms with van der Waals surface area (Å²) >= 11 is 4.22. The van der Waals surface area contributed by atoms with Crippen LogP contribution in [0.25, 0.3) is 0 Å². The van der Waals surface area contributed by atoms with Gasteiger partial charge in [0.15, 0.2) is 0 Å². The molecule has 0 saturated carbocycles. The summed E-state index contributed by atoms with van der Waals surface area (Å²) in [6.45, 7) is 8.85. The lowest BCUT2D eigenvalue weighted by atomic mass is 10.3. The molecule has 0 unspecified atom stereocenters. The minimum Gasteiger partial charge on any atom is -0.300 e. The van der Waals surface area contributed by atoms with Crippen molar-refractivity contribution in [2.45, 2.75) is 26.8 Å². The van der Waals surface area contributed by atoms with Crippen molar-refractivity contribution >= 4 is 12.6 Å². The Bertz CT molecular complexity index is 61.9. The van der Waals surface area contributed by atoms with Gasteiger partial charge >= 0.3 is 0 Å². The van der Waals surface area contributed by atoms with Crippen molar-refractivity contribution < 1.29 is 0 Å². The van der Waals surface area contributed by atoms with Crippen molar-refractivity contribution in [3.63, 3.8) is 0 Å². The summed E-state index contributed by atoms with van der Waals surface area (Å²) in [6, 6.07) is 0.628. The maximum absolute atomic E-state index is 4.22. The van der Waals surface area contributed by atoms with E-state index in [1.54, 1.807) is 0 Å². The van der Waals surface area contributed by atoms with E-state index < -0.39 is 0 Å². The van der Waals surface area contributed by atoms with Crippen molar-refractivity contribution in [3.8, 4) is 0 Å². The predicted molar refractivity (Wildman–Crippen MR) is 46.2 cm³/mol. The van der Waals surface area contributed by atoms with Gasteiger partial charge in [0.25, 0.3) is 0 Å². The lowest BCUT2D eigenvalue weighted by Crippen LogP contribution is -2.33. The molecular weight excluding hydrogens is 130 g/mol. The second-order valence-corrected chi connectivity index (χ2v) is 2.62. The van der Waals surface area contributed by atoms with Gasteiger partial charge in [-0.3, -0.25) is 0 Å². The van der Waals surface area contributed by atoms with Gasteiger partial charge in [-0.2, -0.15) is 12.6 Å². The number of nitrogens with zero attached hydrogens (tertiary/aromatic N) is 1.